The molecule has 2 N–H and O–H groups in total. The van der Waals surface area contributed by atoms with Crippen LogP contribution in [0.5, 0.6) is 0 Å². The zero-order valence-electron chi connectivity index (χ0n) is 11.2. The summed E-state index contributed by atoms with van der Waals surface area (Å²) in [5, 5.41) is 15.1. The number of hydrogen-bond donors (Lipinski definition) is 2. The Morgan fingerprint density at radius 1 is 1.30 bits per heavy atom. The Balaban J connectivity index is 1.65. The van der Waals surface area contributed by atoms with E-state index in [0.717, 1.165) is 11.4 Å². The number of anilines is 2. The van der Waals surface area contributed by atoms with Crippen LogP contribution in [0.4, 0.5) is 11.1 Å². The molecule has 7 nitrogen and oxygen atoms in total. The minimum absolute atomic E-state index is 0.0559. The first-order valence-corrected chi connectivity index (χ1v) is 7.22. The summed E-state index contributed by atoms with van der Waals surface area (Å²) < 4.78 is 0. The van der Waals surface area contributed by atoms with Crippen LogP contribution in [0.2, 0.25) is 0 Å². The fourth-order valence-corrected chi connectivity index (χ4v) is 2.16. The van der Waals surface area contributed by atoms with E-state index >= 15 is 0 Å². The Morgan fingerprint density at radius 2 is 2.10 bits per heavy atom. The molecule has 0 aliphatic carbocycles. The molecule has 0 aromatic carbocycles. The van der Waals surface area contributed by atoms with Gasteiger partial charge in [0.15, 0.2) is 0 Å². The van der Waals surface area contributed by atoms with Gasteiger partial charge in [-0.05, 0) is 18.9 Å². The molecule has 0 bridgehead atoms. The molecule has 0 atom stereocenters. The Labute approximate surface area is 120 Å². The number of nitrogens with zero attached hydrogens (tertiary/aromatic N) is 4. The zero-order chi connectivity index (χ0) is 14.2. The van der Waals surface area contributed by atoms with E-state index in [2.05, 4.69) is 30.8 Å². The summed E-state index contributed by atoms with van der Waals surface area (Å²) in [7, 11) is 0. The van der Waals surface area contributed by atoms with Gasteiger partial charge in [0.2, 0.25) is 17.0 Å². The van der Waals surface area contributed by atoms with E-state index in [1.165, 1.54) is 11.3 Å². The minimum atomic E-state index is -0.0559. The van der Waals surface area contributed by atoms with Crippen LogP contribution >= 0.6 is 11.3 Å². The number of rotatable bonds is 7. The molecule has 2 aromatic heterocycles. The van der Waals surface area contributed by atoms with Crippen molar-refractivity contribution in [3.8, 4) is 0 Å². The summed E-state index contributed by atoms with van der Waals surface area (Å²) >= 11 is 1.41. The lowest BCUT2D eigenvalue weighted by Crippen LogP contribution is -2.13. The van der Waals surface area contributed by atoms with E-state index < -0.39 is 0 Å². The Bertz CT molecular complexity index is 544. The third kappa shape index (κ3) is 4.54. The summed E-state index contributed by atoms with van der Waals surface area (Å²) in [6.07, 6.45) is 5.28. The van der Waals surface area contributed by atoms with E-state index in [1.807, 2.05) is 6.92 Å². The normalized spacial score (nSPS) is 10.2. The quantitative estimate of drug-likeness (QED) is 0.755. The van der Waals surface area contributed by atoms with Gasteiger partial charge >= 0.3 is 0 Å². The van der Waals surface area contributed by atoms with Gasteiger partial charge in [0.1, 0.15) is 5.01 Å². The van der Waals surface area contributed by atoms with Gasteiger partial charge in [0.05, 0.1) is 0 Å². The second-order valence-electron chi connectivity index (χ2n) is 4.01. The highest BCUT2D eigenvalue weighted by atomic mass is 32.1. The van der Waals surface area contributed by atoms with Crippen molar-refractivity contribution in [3.05, 3.63) is 23.5 Å². The Hall–Kier alpha value is -2.09. The van der Waals surface area contributed by atoms with Gasteiger partial charge in [-0.15, -0.1) is 10.2 Å². The first-order chi connectivity index (χ1) is 9.78. The molecular formula is C12H16N6OS. The van der Waals surface area contributed by atoms with E-state index in [1.54, 1.807) is 18.5 Å². The van der Waals surface area contributed by atoms with Gasteiger partial charge < -0.3 is 10.6 Å². The molecule has 0 spiro atoms. The third-order valence-electron chi connectivity index (χ3n) is 2.45. The lowest BCUT2D eigenvalue weighted by Gasteiger charge is -2.03. The monoisotopic (exact) mass is 292 g/mol. The molecule has 0 aliphatic rings. The highest BCUT2D eigenvalue weighted by Gasteiger charge is 2.07. The number of aryl methyl sites for hydroxylation is 1. The van der Waals surface area contributed by atoms with Crippen molar-refractivity contribution in [1.29, 1.82) is 0 Å². The van der Waals surface area contributed by atoms with E-state index in [9.17, 15) is 4.79 Å². The van der Waals surface area contributed by atoms with E-state index in [-0.39, 0.29) is 5.91 Å². The second kappa shape index (κ2) is 7.49. The minimum Gasteiger partial charge on any atom is -0.354 e. The molecule has 0 radical (unpaired) electrons. The zero-order valence-corrected chi connectivity index (χ0v) is 12.0. The molecule has 0 aliphatic heterocycles. The molecule has 106 valence electrons. The van der Waals surface area contributed by atoms with Crippen LogP contribution in [0.25, 0.3) is 0 Å². The number of carbonyl (C=O) groups excluding carboxylic acids is 1. The van der Waals surface area contributed by atoms with Gasteiger partial charge in [-0.2, -0.15) is 0 Å². The maximum absolute atomic E-state index is 11.7. The SMILES string of the molecule is CCc1nnc(NC(=O)CCCNc2ncccn2)s1. The summed E-state index contributed by atoms with van der Waals surface area (Å²) in [4.78, 5) is 19.8. The average molecular weight is 292 g/mol. The van der Waals surface area contributed by atoms with Gasteiger partial charge in [0, 0.05) is 25.4 Å². The van der Waals surface area contributed by atoms with E-state index in [4.69, 9.17) is 0 Å². The maximum Gasteiger partial charge on any atom is 0.226 e. The van der Waals surface area contributed by atoms with Crippen molar-refractivity contribution < 1.29 is 4.79 Å². The average Bonchev–Trinajstić information content (AvgIpc) is 2.92. The summed E-state index contributed by atoms with van der Waals surface area (Å²) in [5.74, 6) is 0.518. The molecule has 0 fully saturated rings. The molecule has 0 unspecified atom stereocenters. The predicted molar refractivity (Wildman–Crippen MR) is 77.7 cm³/mol. The number of aromatic nitrogens is 4. The summed E-state index contributed by atoms with van der Waals surface area (Å²) in [6, 6.07) is 1.76. The Morgan fingerprint density at radius 3 is 2.80 bits per heavy atom. The Kier molecular flexibility index (Phi) is 5.36. The molecule has 2 heterocycles. The van der Waals surface area contributed by atoms with Gasteiger partial charge in [-0.25, -0.2) is 9.97 Å². The van der Waals surface area contributed by atoms with Crippen molar-refractivity contribution in [2.24, 2.45) is 0 Å². The first-order valence-electron chi connectivity index (χ1n) is 6.41. The van der Waals surface area contributed by atoms with Crippen molar-refractivity contribution in [3.63, 3.8) is 0 Å². The van der Waals surface area contributed by atoms with Crippen LogP contribution in [0, 0.1) is 0 Å². The lowest BCUT2D eigenvalue weighted by atomic mass is 10.3. The molecule has 20 heavy (non-hydrogen) atoms. The second-order valence-corrected chi connectivity index (χ2v) is 5.07. The van der Waals surface area contributed by atoms with Crippen molar-refractivity contribution in [1.82, 2.24) is 20.2 Å². The third-order valence-corrected chi connectivity index (χ3v) is 3.43. The summed E-state index contributed by atoms with van der Waals surface area (Å²) in [6.45, 7) is 2.65. The smallest absolute Gasteiger partial charge is 0.226 e. The fourth-order valence-electron chi connectivity index (χ4n) is 1.47. The number of carbonyl (C=O) groups is 1. The van der Waals surface area contributed by atoms with Crippen molar-refractivity contribution >= 4 is 28.3 Å². The lowest BCUT2D eigenvalue weighted by molar-refractivity contribution is -0.116. The predicted octanol–water partition coefficient (Wildman–Crippen LogP) is 1.72. The van der Waals surface area contributed by atoms with Crippen molar-refractivity contribution in [2.45, 2.75) is 26.2 Å². The van der Waals surface area contributed by atoms with Crippen LogP contribution < -0.4 is 10.6 Å². The molecule has 1 amide bonds. The summed E-state index contributed by atoms with van der Waals surface area (Å²) in [5.41, 5.74) is 0. The molecular weight excluding hydrogens is 276 g/mol. The van der Waals surface area contributed by atoms with Gasteiger partial charge in [0.25, 0.3) is 0 Å². The van der Waals surface area contributed by atoms with Gasteiger partial charge in [-0.3, -0.25) is 4.79 Å². The molecule has 2 rings (SSSR count). The van der Waals surface area contributed by atoms with Crippen LogP contribution in [-0.4, -0.2) is 32.6 Å². The maximum atomic E-state index is 11.7. The molecule has 0 saturated heterocycles. The number of amides is 1. The first kappa shape index (κ1) is 14.3. The largest absolute Gasteiger partial charge is 0.354 e. The van der Waals surface area contributed by atoms with Crippen LogP contribution in [0.3, 0.4) is 0 Å². The highest BCUT2D eigenvalue weighted by molar-refractivity contribution is 7.15. The van der Waals surface area contributed by atoms with Gasteiger partial charge in [-0.1, -0.05) is 18.3 Å². The standard InChI is InChI=1S/C12H16N6OS/c1-2-10-17-18-12(20-10)16-9(19)5-3-6-13-11-14-7-4-8-15-11/h4,7-8H,2-3,5-6H2,1H3,(H,13,14,15)(H,16,18,19). The highest BCUT2D eigenvalue weighted by Crippen LogP contribution is 2.15. The fraction of sp³-hybridized carbons (Fsp3) is 0.417. The number of nitrogens with one attached hydrogen (secondary N) is 2. The topological polar surface area (TPSA) is 92.7 Å². The van der Waals surface area contributed by atoms with Crippen LogP contribution in [0.15, 0.2) is 18.5 Å². The van der Waals surface area contributed by atoms with E-state index in [0.29, 0.717) is 30.5 Å². The molecule has 8 heteroatoms. The van der Waals surface area contributed by atoms with Crippen LogP contribution in [0.1, 0.15) is 24.8 Å². The molecule has 2 aromatic rings. The number of hydrogen-bond acceptors (Lipinski definition) is 7. The van der Waals surface area contributed by atoms with Crippen LogP contribution in [-0.2, 0) is 11.2 Å². The molecule has 0 saturated carbocycles. The van der Waals surface area contributed by atoms with Crippen molar-refractivity contribution in [2.75, 3.05) is 17.2 Å².